The van der Waals surface area contributed by atoms with E-state index < -0.39 is 0 Å². The second-order valence-electron chi connectivity index (χ2n) is 5.98. The number of benzene rings is 1. The largest absolute Gasteiger partial charge is 0.501 e. The molecule has 0 saturated carbocycles. The molecule has 1 aliphatic rings. The van der Waals surface area contributed by atoms with Crippen molar-refractivity contribution in [1.29, 1.82) is 0 Å². The Hall–Kier alpha value is -0.890. The summed E-state index contributed by atoms with van der Waals surface area (Å²) in [7, 11) is 0. The number of hydrogen-bond donors (Lipinski definition) is 0. The molecule has 1 aliphatic heterocycles. The molecular formula is C19H28OS. The van der Waals surface area contributed by atoms with Gasteiger partial charge < -0.3 is 4.74 Å². The van der Waals surface area contributed by atoms with Crippen molar-refractivity contribution in [3.05, 3.63) is 42.2 Å². The molecule has 0 radical (unpaired) electrons. The number of ether oxygens (including phenoxy) is 1. The van der Waals surface area contributed by atoms with E-state index in [4.69, 9.17) is 4.74 Å². The molecule has 1 saturated heterocycles. The topological polar surface area (TPSA) is 9.23 Å². The van der Waals surface area contributed by atoms with Gasteiger partial charge in [0.05, 0.1) is 12.9 Å². The number of hydrogen-bond acceptors (Lipinski definition) is 2. The summed E-state index contributed by atoms with van der Waals surface area (Å²) in [5.41, 5.74) is 2.44. The quantitative estimate of drug-likeness (QED) is 0.457. The Balaban J connectivity index is 1.72. The average Bonchev–Trinajstić information content (AvgIpc) is 2.56. The highest BCUT2D eigenvalue weighted by molar-refractivity contribution is 8.00. The second kappa shape index (κ2) is 8.53. The van der Waals surface area contributed by atoms with Gasteiger partial charge in [0.15, 0.2) is 0 Å². The van der Waals surface area contributed by atoms with Gasteiger partial charge >= 0.3 is 0 Å². The molecule has 2 rings (SSSR count). The monoisotopic (exact) mass is 304 g/mol. The van der Waals surface area contributed by atoms with Crippen molar-refractivity contribution in [2.45, 2.75) is 57.1 Å². The van der Waals surface area contributed by atoms with E-state index in [1.807, 2.05) is 12.3 Å². The number of thioether (sulfide) groups is 1. The Kier molecular flexibility index (Phi) is 6.69. The van der Waals surface area contributed by atoms with E-state index in [1.54, 1.807) is 0 Å². The average molecular weight is 304 g/mol. The van der Waals surface area contributed by atoms with E-state index in [9.17, 15) is 0 Å². The van der Waals surface area contributed by atoms with Crippen LogP contribution >= 0.6 is 11.8 Å². The molecule has 116 valence electrons. The SMILES string of the molecule is CCC1(CCCO/C=C(/C)c2ccccc2)CCCCS1. The first-order valence-electron chi connectivity index (χ1n) is 8.23. The van der Waals surface area contributed by atoms with Gasteiger partial charge in [0.2, 0.25) is 0 Å². The van der Waals surface area contributed by atoms with Gasteiger partial charge in [-0.2, -0.15) is 11.8 Å². The fourth-order valence-electron chi connectivity index (χ4n) is 2.99. The predicted octanol–water partition coefficient (Wildman–Crippen LogP) is 5.91. The van der Waals surface area contributed by atoms with E-state index in [0.29, 0.717) is 4.75 Å². The molecule has 0 N–H and O–H groups in total. The van der Waals surface area contributed by atoms with Crippen molar-refractivity contribution in [3.8, 4) is 0 Å². The summed E-state index contributed by atoms with van der Waals surface area (Å²) in [6.07, 6.45) is 9.90. The van der Waals surface area contributed by atoms with Crippen LogP contribution in [0.5, 0.6) is 0 Å². The van der Waals surface area contributed by atoms with Gasteiger partial charge in [-0.05, 0) is 55.9 Å². The van der Waals surface area contributed by atoms with Crippen LogP contribution < -0.4 is 0 Å². The van der Waals surface area contributed by atoms with Crippen LogP contribution in [-0.2, 0) is 4.74 Å². The van der Waals surface area contributed by atoms with Crippen molar-refractivity contribution >= 4 is 17.3 Å². The molecule has 0 amide bonds. The minimum atomic E-state index is 0.541. The number of rotatable bonds is 7. The second-order valence-corrected chi connectivity index (χ2v) is 7.55. The van der Waals surface area contributed by atoms with E-state index in [-0.39, 0.29) is 0 Å². The van der Waals surface area contributed by atoms with E-state index >= 15 is 0 Å². The first kappa shape index (κ1) is 16.5. The van der Waals surface area contributed by atoms with Crippen LogP contribution in [0.2, 0.25) is 0 Å². The standard InChI is InChI=1S/C19H28OS/c1-3-19(12-7-8-15-21-19)13-9-14-20-16-17(2)18-10-5-4-6-11-18/h4-6,10-11,16H,3,7-9,12-15H2,1-2H3/b17-16-. The lowest BCUT2D eigenvalue weighted by atomic mass is 9.93. The zero-order valence-electron chi connectivity index (χ0n) is 13.4. The summed E-state index contributed by atoms with van der Waals surface area (Å²) in [5.74, 6) is 1.35. The molecule has 1 aromatic carbocycles. The summed E-state index contributed by atoms with van der Waals surface area (Å²) in [5, 5.41) is 0. The fourth-order valence-corrected chi connectivity index (χ4v) is 4.56. The van der Waals surface area contributed by atoms with Gasteiger partial charge in [0, 0.05) is 4.75 Å². The van der Waals surface area contributed by atoms with Crippen molar-refractivity contribution in [3.63, 3.8) is 0 Å². The zero-order valence-corrected chi connectivity index (χ0v) is 14.3. The zero-order chi connectivity index (χ0) is 15.0. The van der Waals surface area contributed by atoms with Crippen molar-refractivity contribution in [1.82, 2.24) is 0 Å². The minimum absolute atomic E-state index is 0.541. The Bertz CT molecular complexity index is 432. The summed E-state index contributed by atoms with van der Waals surface area (Å²) in [6.45, 7) is 5.30. The van der Waals surface area contributed by atoms with E-state index in [1.165, 1.54) is 55.4 Å². The summed E-state index contributed by atoms with van der Waals surface area (Å²) >= 11 is 2.20. The summed E-state index contributed by atoms with van der Waals surface area (Å²) in [4.78, 5) is 0. The third kappa shape index (κ3) is 5.10. The maximum Gasteiger partial charge on any atom is 0.0874 e. The Morgan fingerprint density at radius 2 is 2.10 bits per heavy atom. The molecule has 1 aromatic rings. The third-order valence-electron chi connectivity index (χ3n) is 4.46. The van der Waals surface area contributed by atoms with Crippen LogP contribution in [0.3, 0.4) is 0 Å². The minimum Gasteiger partial charge on any atom is -0.501 e. The highest BCUT2D eigenvalue weighted by atomic mass is 32.2. The molecule has 1 nitrogen and oxygen atoms in total. The van der Waals surface area contributed by atoms with Gasteiger partial charge in [0.25, 0.3) is 0 Å². The molecule has 1 atom stereocenters. The molecule has 0 aliphatic carbocycles. The van der Waals surface area contributed by atoms with Crippen LogP contribution in [0.15, 0.2) is 36.6 Å². The highest BCUT2D eigenvalue weighted by Gasteiger charge is 2.30. The Morgan fingerprint density at radius 1 is 1.29 bits per heavy atom. The van der Waals surface area contributed by atoms with Gasteiger partial charge in [0.1, 0.15) is 0 Å². The first-order chi connectivity index (χ1) is 10.3. The highest BCUT2D eigenvalue weighted by Crippen LogP contribution is 2.42. The van der Waals surface area contributed by atoms with Crippen LogP contribution in [0.1, 0.15) is 57.9 Å². The predicted molar refractivity (Wildman–Crippen MR) is 94.6 cm³/mol. The van der Waals surface area contributed by atoms with Gasteiger partial charge in [-0.1, -0.05) is 43.7 Å². The van der Waals surface area contributed by atoms with Crippen LogP contribution in [-0.4, -0.2) is 17.1 Å². The molecule has 0 bridgehead atoms. The van der Waals surface area contributed by atoms with Gasteiger partial charge in [-0.25, -0.2) is 0 Å². The van der Waals surface area contributed by atoms with Gasteiger partial charge in [-0.15, -0.1) is 0 Å². The van der Waals surface area contributed by atoms with Crippen LogP contribution in [0, 0.1) is 0 Å². The smallest absolute Gasteiger partial charge is 0.0874 e. The third-order valence-corrected chi connectivity index (χ3v) is 6.27. The van der Waals surface area contributed by atoms with Crippen molar-refractivity contribution in [2.24, 2.45) is 0 Å². The van der Waals surface area contributed by atoms with Crippen molar-refractivity contribution < 1.29 is 4.74 Å². The molecule has 1 unspecified atom stereocenters. The summed E-state index contributed by atoms with van der Waals surface area (Å²) in [6, 6.07) is 10.4. The lowest BCUT2D eigenvalue weighted by molar-refractivity contribution is 0.234. The lowest BCUT2D eigenvalue weighted by Gasteiger charge is -2.36. The van der Waals surface area contributed by atoms with Crippen LogP contribution in [0.4, 0.5) is 0 Å². The molecule has 0 aromatic heterocycles. The Morgan fingerprint density at radius 3 is 2.76 bits per heavy atom. The van der Waals surface area contributed by atoms with Crippen LogP contribution in [0.25, 0.3) is 5.57 Å². The first-order valence-corrected chi connectivity index (χ1v) is 9.22. The van der Waals surface area contributed by atoms with Gasteiger partial charge in [-0.3, -0.25) is 0 Å². The summed E-state index contributed by atoms with van der Waals surface area (Å²) < 4.78 is 6.30. The number of allylic oxidation sites excluding steroid dienone is 1. The normalized spacial score (nSPS) is 23.0. The van der Waals surface area contributed by atoms with Crippen molar-refractivity contribution in [2.75, 3.05) is 12.4 Å². The molecule has 1 heterocycles. The lowest BCUT2D eigenvalue weighted by Crippen LogP contribution is -2.27. The molecular weight excluding hydrogens is 276 g/mol. The van der Waals surface area contributed by atoms with E-state index in [2.05, 4.69) is 49.9 Å². The molecule has 21 heavy (non-hydrogen) atoms. The molecule has 1 fully saturated rings. The Labute approximate surface area is 134 Å². The van der Waals surface area contributed by atoms with E-state index in [0.717, 1.165) is 6.61 Å². The fraction of sp³-hybridized carbons (Fsp3) is 0.579. The molecule has 2 heteroatoms. The maximum atomic E-state index is 5.76. The molecule has 0 spiro atoms. The maximum absolute atomic E-state index is 5.76.